The molecule has 1 aromatic rings. The SMILES string of the molecule is CN=C(NCCOC1CCCCCC1)N1CCN(Cc2ccon2)CC1.I. The monoisotopic (exact) mass is 491 g/mol. The molecular weight excluding hydrogens is 457 g/mol. The molecule has 154 valence electrons. The minimum atomic E-state index is 0. The molecular formula is C19H34IN5O2. The highest BCUT2D eigenvalue weighted by molar-refractivity contribution is 14.0. The Morgan fingerprint density at radius 2 is 1.96 bits per heavy atom. The number of aliphatic imine (C=N–C) groups is 1. The van der Waals surface area contributed by atoms with E-state index >= 15 is 0 Å². The predicted octanol–water partition coefficient (Wildman–Crippen LogP) is 2.73. The third kappa shape index (κ3) is 7.57. The number of hydrogen-bond donors (Lipinski definition) is 1. The average Bonchev–Trinajstić information content (AvgIpc) is 3.04. The fraction of sp³-hybridized carbons (Fsp3) is 0.789. The Kier molecular flexibility index (Phi) is 10.4. The Labute approximate surface area is 179 Å². The minimum Gasteiger partial charge on any atom is -0.376 e. The van der Waals surface area contributed by atoms with E-state index in [2.05, 4.69) is 25.3 Å². The quantitative estimate of drug-likeness (QED) is 0.217. The second-order valence-corrected chi connectivity index (χ2v) is 7.21. The average molecular weight is 491 g/mol. The van der Waals surface area contributed by atoms with Crippen LogP contribution in [0.1, 0.15) is 44.2 Å². The number of aromatic nitrogens is 1. The van der Waals surface area contributed by atoms with Crippen LogP contribution in [0, 0.1) is 0 Å². The van der Waals surface area contributed by atoms with Gasteiger partial charge >= 0.3 is 0 Å². The number of nitrogens with zero attached hydrogens (tertiary/aromatic N) is 4. The van der Waals surface area contributed by atoms with Crippen molar-refractivity contribution in [1.29, 1.82) is 0 Å². The molecule has 2 fully saturated rings. The summed E-state index contributed by atoms with van der Waals surface area (Å²) in [7, 11) is 1.86. The first kappa shape index (κ1) is 22.4. The molecule has 0 atom stereocenters. The van der Waals surface area contributed by atoms with Gasteiger partial charge in [-0.25, -0.2) is 0 Å². The molecule has 0 unspecified atom stereocenters. The number of guanidine groups is 1. The van der Waals surface area contributed by atoms with Crippen LogP contribution in [0.3, 0.4) is 0 Å². The lowest BCUT2D eigenvalue weighted by molar-refractivity contribution is 0.0464. The molecule has 0 aromatic carbocycles. The van der Waals surface area contributed by atoms with E-state index in [0.29, 0.717) is 6.10 Å². The van der Waals surface area contributed by atoms with E-state index in [-0.39, 0.29) is 24.0 Å². The number of piperazine rings is 1. The smallest absolute Gasteiger partial charge is 0.193 e. The van der Waals surface area contributed by atoms with Crippen LogP contribution >= 0.6 is 24.0 Å². The van der Waals surface area contributed by atoms with E-state index in [1.54, 1.807) is 6.26 Å². The Bertz CT molecular complexity index is 524. The molecule has 27 heavy (non-hydrogen) atoms. The van der Waals surface area contributed by atoms with Crippen LogP contribution in [0.25, 0.3) is 0 Å². The van der Waals surface area contributed by atoms with Gasteiger partial charge in [0.2, 0.25) is 0 Å². The van der Waals surface area contributed by atoms with E-state index < -0.39 is 0 Å². The number of hydrogen-bond acceptors (Lipinski definition) is 5. The molecule has 2 heterocycles. The summed E-state index contributed by atoms with van der Waals surface area (Å²) >= 11 is 0. The topological polar surface area (TPSA) is 66.1 Å². The van der Waals surface area contributed by atoms with Crippen molar-refractivity contribution in [2.24, 2.45) is 4.99 Å². The first-order chi connectivity index (χ1) is 12.8. The van der Waals surface area contributed by atoms with Crippen molar-refractivity contribution in [1.82, 2.24) is 20.3 Å². The molecule has 0 radical (unpaired) electrons. The molecule has 8 heteroatoms. The van der Waals surface area contributed by atoms with Crippen LogP contribution in [0.4, 0.5) is 0 Å². The second kappa shape index (κ2) is 12.6. The zero-order valence-electron chi connectivity index (χ0n) is 16.4. The molecule has 1 saturated heterocycles. The maximum absolute atomic E-state index is 6.06. The highest BCUT2D eigenvalue weighted by atomic mass is 127. The fourth-order valence-electron chi connectivity index (χ4n) is 3.80. The van der Waals surface area contributed by atoms with Crippen LogP contribution in [-0.4, -0.2) is 73.4 Å². The number of ether oxygens (including phenoxy) is 1. The summed E-state index contributed by atoms with van der Waals surface area (Å²) in [6, 6.07) is 1.93. The molecule has 2 aliphatic rings. The van der Waals surface area contributed by atoms with Gasteiger partial charge in [0.25, 0.3) is 0 Å². The van der Waals surface area contributed by atoms with Crippen molar-refractivity contribution in [3.63, 3.8) is 0 Å². The normalized spacial score (nSPS) is 20.2. The highest BCUT2D eigenvalue weighted by Gasteiger charge is 2.20. The van der Waals surface area contributed by atoms with E-state index in [4.69, 9.17) is 9.26 Å². The molecule has 1 aliphatic carbocycles. The molecule has 1 aliphatic heterocycles. The van der Waals surface area contributed by atoms with Crippen molar-refractivity contribution in [3.8, 4) is 0 Å². The summed E-state index contributed by atoms with van der Waals surface area (Å²) in [5.41, 5.74) is 0.997. The largest absolute Gasteiger partial charge is 0.376 e. The second-order valence-electron chi connectivity index (χ2n) is 7.21. The maximum Gasteiger partial charge on any atom is 0.193 e. The minimum absolute atomic E-state index is 0. The molecule has 1 saturated carbocycles. The van der Waals surface area contributed by atoms with E-state index in [9.17, 15) is 0 Å². The number of halogens is 1. The third-order valence-corrected chi connectivity index (χ3v) is 5.30. The van der Waals surface area contributed by atoms with Gasteiger partial charge in [0, 0.05) is 52.4 Å². The van der Waals surface area contributed by atoms with Gasteiger partial charge < -0.3 is 19.5 Å². The summed E-state index contributed by atoms with van der Waals surface area (Å²) < 4.78 is 11.0. The molecule has 0 spiro atoms. The van der Waals surface area contributed by atoms with Gasteiger partial charge in [-0.15, -0.1) is 24.0 Å². The lowest BCUT2D eigenvalue weighted by Gasteiger charge is -2.36. The Morgan fingerprint density at radius 1 is 1.22 bits per heavy atom. The summed E-state index contributed by atoms with van der Waals surface area (Å²) in [5.74, 6) is 0.982. The van der Waals surface area contributed by atoms with E-state index in [1.807, 2.05) is 13.1 Å². The van der Waals surface area contributed by atoms with E-state index in [1.165, 1.54) is 38.5 Å². The Morgan fingerprint density at radius 3 is 2.59 bits per heavy atom. The van der Waals surface area contributed by atoms with Crippen LogP contribution in [0.15, 0.2) is 21.8 Å². The van der Waals surface area contributed by atoms with Gasteiger partial charge in [0.15, 0.2) is 5.96 Å². The van der Waals surface area contributed by atoms with Crippen molar-refractivity contribution >= 4 is 29.9 Å². The molecule has 3 rings (SSSR count). The summed E-state index contributed by atoms with van der Waals surface area (Å²) in [5, 5.41) is 7.45. The van der Waals surface area contributed by atoms with Gasteiger partial charge in [-0.3, -0.25) is 9.89 Å². The first-order valence-corrected chi connectivity index (χ1v) is 10.0. The van der Waals surface area contributed by atoms with Gasteiger partial charge in [-0.05, 0) is 12.8 Å². The van der Waals surface area contributed by atoms with Crippen LogP contribution in [0.2, 0.25) is 0 Å². The van der Waals surface area contributed by atoms with Gasteiger partial charge in [0.05, 0.1) is 18.4 Å². The molecule has 7 nitrogen and oxygen atoms in total. The Balaban J connectivity index is 0.00000261. The van der Waals surface area contributed by atoms with Crippen LogP contribution < -0.4 is 5.32 Å². The zero-order chi connectivity index (χ0) is 18.0. The predicted molar refractivity (Wildman–Crippen MR) is 118 cm³/mol. The fourth-order valence-corrected chi connectivity index (χ4v) is 3.80. The molecule has 1 aromatic heterocycles. The van der Waals surface area contributed by atoms with Crippen molar-refractivity contribution in [2.75, 3.05) is 46.4 Å². The van der Waals surface area contributed by atoms with Crippen molar-refractivity contribution < 1.29 is 9.26 Å². The zero-order valence-corrected chi connectivity index (χ0v) is 18.8. The summed E-state index contributed by atoms with van der Waals surface area (Å²) in [4.78, 5) is 9.17. The van der Waals surface area contributed by atoms with Crippen LogP contribution in [-0.2, 0) is 11.3 Å². The summed E-state index contributed by atoms with van der Waals surface area (Å²) in [6.07, 6.45) is 9.91. The Hall–Kier alpha value is -0.870. The standard InChI is InChI=1S/C19H33N5O2.HI/c1-20-19(21-9-15-25-18-6-4-2-3-5-7-18)24-12-10-23(11-13-24)16-17-8-14-26-22-17;/h8,14,18H,2-7,9-13,15-16H2,1H3,(H,20,21);1H. The van der Waals surface area contributed by atoms with Crippen molar-refractivity contribution in [2.45, 2.75) is 51.2 Å². The van der Waals surface area contributed by atoms with E-state index in [0.717, 1.165) is 57.5 Å². The highest BCUT2D eigenvalue weighted by Crippen LogP contribution is 2.19. The number of nitrogens with one attached hydrogen (secondary N) is 1. The summed E-state index contributed by atoms with van der Waals surface area (Å²) in [6.45, 7) is 6.39. The molecule has 0 bridgehead atoms. The van der Waals surface area contributed by atoms with Gasteiger partial charge in [-0.2, -0.15) is 0 Å². The molecule has 0 amide bonds. The lowest BCUT2D eigenvalue weighted by Crippen LogP contribution is -2.52. The van der Waals surface area contributed by atoms with Crippen LogP contribution in [0.5, 0.6) is 0 Å². The third-order valence-electron chi connectivity index (χ3n) is 5.30. The van der Waals surface area contributed by atoms with Gasteiger partial charge in [-0.1, -0.05) is 30.8 Å². The van der Waals surface area contributed by atoms with Gasteiger partial charge in [0.1, 0.15) is 6.26 Å². The maximum atomic E-state index is 6.06. The lowest BCUT2D eigenvalue weighted by atomic mass is 10.1. The van der Waals surface area contributed by atoms with Crippen molar-refractivity contribution in [3.05, 3.63) is 18.0 Å². The first-order valence-electron chi connectivity index (χ1n) is 10.0. The molecule has 1 N–H and O–H groups in total. The number of rotatable bonds is 6.